The van der Waals surface area contributed by atoms with E-state index in [0.717, 1.165) is 42.6 Å². The number of ether oxygens (including phenoxy) is 2. The fraction of sp³-hybridized carbons (Fsp3) is 0.458. The van der Waals surface area contributed by atoms with Crippen molar-refractivity contribution in [2.45, 2.75) is 58.9 Å². The average molecular weight is 459 g/mol. The largest absolute Gasteiger partial charge is 0.483 e. The lowest BCUT2D eigenvalue weighted by Crippen LogP contribution is -2.36. The topological polar surface area (TPSA) is 93.7 Å². The fourth-order valence-electron chi connectivity index (χ4n) is 3.79. The summed E-state index contributed by atoms with van der Waals surface area (Å²) in [4.78, 5) is 38.5. The molecule has 0 spiro atoms. The summed E-state index contributed by atoms with van der Waals surface area (Å²) >= 11 is 1.09. The predicted molar refractivity (Wildman–Crippen MR) is 125 cm³/mol. The molecule has 1 fully saturated rings. The number of hydrogen-bond donors (Lipinski definition) is 2. The smallest absolute Gasteiger partial charge is 0.341 e. The fourth-order valence-corrected chi connectivity index (χ4v) is 4.90. The SMILES string of the molecule is CCOC(=O)c1c(NC(=O)COc2ccccc2C)sc(C(=O)NC2CCCCC2)c1C. The summed E-state index contributed by atoms with van der Waals surface area (Å²) in [5.74, 6) is -0.586. The maximum Gasteiger partial charge on any atom is 0.341 e. The summed E-state index contributed by atoms with van der Waals surface area (Å²) in [7, 11) is 0. The van der Waals surface area contributed by atoms with Crippen LogP contribution in [0.2, 0.25) is 0 Å². The van der Waals surface area contributed by atoms with Crippen LogP contribution in [0.3, 0.4) is 0 Å². The molecule has 1 aromatic heterocycles. The lowest BCUT2D eigenvalue weighted by atomic mass is 9.95. The molecule has 0 unspecified atom stereocenters. The third kappa shape index (κ3) is 5.88. The Bertz CT molecular complexity index is 979. The third-order valence-corrected chi connectivity index (χ3v) is 6.68. The Morgan fingerprint density at radius 2 is 1.81 bits per heavy atom. The molecule has 32 heavy (non-hydrogen) atoms. The Kier molecular flexibility index (Phi) is 8.27. The van der Waals surface area contributed by atoms with Crippen molar-refractivity contribution in [3.05, 3.63) is 45.8 Å². The van der Waals surface area contributed by atoms with E-state index in [9.17, 15) is 14.4 Å². The number of aryl methyl sites for hydroxylation is 1. The van der Waals surface area contributed by atoms with Gasteiger partial charge in [0.15, 0.2) is 6.61 Å². The molecular formula is C24H30N2O5S. The van der Waals surface area contributed by atoms with Crippen LogP contribution in [0.25, 0.3) is 0 Å². The molecule has 0 saturated heterocycles. The van der Waals surface area contributed by atoms with Gasteiger partial charge in [-0.25, -0.2) is 4.79 Å². The number of amides is 2. The number of rotatable bonds is 8. The summed E-state index contributed by atoms with van der Waals surface area (Å²) in [6, 6.07) is 7.55. The van der Waals surface area contributed by atoms with E-state index in [0.29, 0.717) is 21.2 Å². The number of thiophene rings is 1. The number of hydrogen-bond acceptors (Lipinski definition) is 6. The van der Waals surface area contributed by atoms with E-state index in [4.69, 9.17) is 9.47 Å². The highest BCUT2D eigenvalue weighted by molar-refractivity contribution is 7.18. The maximum atomic E-state index is 12.9. The lowest BCUT2D eigenvalue weighted by Gasteiger charge is -2.22. The summed E-state index contributed by atoms with van der Waals surface area (Å²) in [6.07, 6.45) is 5.31. The van der Waals surface area contributed by atoms with Crippen molar-refractivity contribution in [2.24, 2.45) is 0 Å². The molecule has 2 aromatic rings. The number of para-hydroxylation sites is 1. The molecule has 1 saturated carbocycles. The molecule has 1 aliphatic rings. The van der Waals surface area contributed by atoms with Crippen molar-refractivity contribution < 1.29 is 23.9 Å². The molecule has 1 aliphatic carbocycles. The molecule has 0 bridgehead atoms. The summed E-state index contributed by atoms with van der Waals surface area (Å²) in [5.41, 5.74) is 1.65. The molecule has 0 aliphatic heterocycles. The first-order valence-electron chi connectivity index (χ1n) is 11.0. The van der Waals surface area contributed by atoms with Crippen molar-refractivity contribution in [1.29, 1.82) is 0 Å². The Morgan fingerprint density at radius 1 is 1.09 bits per heavy atom. The number of carbonyl (C=O) groups excluding carboxylic acids is 3. The predicted octanol–water partition coefficient (Wildman–Crippen LogP) is 4.62. The number of nitrogens with one attached hydrogen (secondary N) is 2. The Balaban J connectivity index is 1.76. The molecule has 0 atom stereocenters. The van der Waals surface area contributed by atoms with Gasteiger partial charge in [-0.05, 0) is 50.8 Å². The van der Waals surface area contributed by atoms with Crippen molar-refractivity contribution in [1.82, 2.24) is 5.32 Å². The molecule has 1 aromatic carbocycles. The third-order valence-electron chi connectivity index (χ3n) is 5.48. The first kappa shape index (κ1) is 23.8. The van der Waals surface area contributed by atoms with Gasteiger partial charge in [0, 0.05) is 6.04 Å². The molecule has 1 heterocycles. The zero-order valence-corrected chi connectivity index (χ0v) is 19.6. The Morgan fingerprint density at radius 3 is 2.50 bits per heavy atom. The second-order valence-corrected chi connectivity index (χ2v) is 8.91. The monoisotopic (exact) mass is 458 g/mol. The van der Waals surface area contributed by atoms with Crippen molar-refractivity contribution in [3.8, 4) is 5.75 Å². The molecule has 172 valence electrons. The molecule has 3 rings (SSSR count). The van der Waals surface area contributed by atoms with Gasteiger partial charge in [-0.1, -0.05) is 37.5 Å². The van der Waals surface area contributed by atoms with Gasteiger partial charge in [0.1, 0.15) is 10.8 Å². The number of carbonyl (C=O) groups is 3. The molecule has 2 N–H and O–H groups in total. The van der Waals surface area contributed by atoms with Crippen LogP contribution in [0.1, 0.15) is 70.2 Å². The van der Waals surface area contributed by atoms with E-state index in [1.807, 2.05) is 25.1 Å². The average Bonchev–Trinajstić information content (AvgIpc) is 3.10. The first-order chi connectivity index (χ1) is 15.4. The van der Waals surface area contributed by atoms with Crippen LogP contribution in [0, 0.1) is 13.8 Å². The van der Waals surface area contributed by atoms with Crippen molar-refractivity contribution >= 4 is 34.1 Å². The van der Waals surface area contributed by atoms with Crippen molar-refractivity contribution in [2.75, 3.05) is 18.5 Å². The number of esters is 1. The second-order valence-electron chi connectivity index (χ2n) is 7.89. The quantitative estimate of drug-likeness (QED) is 0.563. The van der Waals surface area contributed by atoms with E-state index >= 15 is 0 Å². The summed E-state index contributed by atoms with van der Waals surface area (Å²) in [6.45, 7) is 5.30. The van der Waals surface area contributed by atoms with Gasteiger partial charge in [0.2, 0.25) is 0 Å². The van der Waals surface area contributed by atoms with Crippen LogP contribution in [-0.4, -0.2) is 37.0 Å². The van der Waals surface area contributed by atoms with Gasteiger partial charge in [-0.15, -0.1) is 11.3 Å². The minimum Gasteiger partial charge on any atom is -0.483 e. The lowest BCUT2D eigenvalue weighted by molar-refractivity contribution is -0.118. The summed E-state index contributed by atoms with van der Waals surface area (Å²) < 4.78 is 10.8. The highest BCUT2D eigenvalue weighted by Crippen LogP contribution is 2.34. The molecule has 2 amide bonds. The zero-order valence-electron chi connectivity index (χ0n) is 18.8. The van der Waals surface area contributed by atoms with Gasteiger partial charge < -0.3 is 20.1 Å². The molecule has 0 radical (unpaired) electrons. The first-order valence-corrected chi connectivity index (χ1v) is 11.8. The van der Waals surface area contributed by atoms with Gasteiger partial charge in [0.05, 0.1) is 17.0 Å². The summed E-state index contributed by atoms with van der Waals surface area (Å²) in [5, 5.41) is 6.11. The zero-order chi connectivity index (χ0) is 23.1. The Hall–Kier alpha value is -2.87. The standard InChI is InChI=1S/C24H30N2O5S/c1-4-30-24(29)20-16(3)21(22(28)25-17-11-6-5-7-12-17)32-23(20)26-19(27)14-31-18-13-9-8-10-15(18)2/h8-10,13,17H,4-7,11-12,14H2,1-3H3,(H,25,28)(H,26,27). The number of benzene rings is 1. The van der Waals surface area contributed by atoms with Crippen LogP contribution in [0.4, 0.5) is 5.00 Å². The van der Waals surface area contributed by atoms with E-state index in [-0.39, 0.29) is 30.7 Å². The highest BCUT2D eigenvalue weighted by atomic mass is 32.1. The van der Waals surface area contributed by atoms with E-state index in [1.54, 1.807) is 19.9 Å². The molecule has 8 heteroatoms. The highest BCUT2D eigenvalue weighted by Gasteiger charge is 2.28. The van der Waals surface area contributed by atoms with E-state index < -0.39 is 11.9 Å². The van der Waals surface area contributed by atoms with Crippen LogP contribution in [0.15, 0.2) is 24.3 Å². The van der Waals surface area contributed by atoms with Crippen LogP contribution < -0.4 is 15.4 Å². The van der Waals surface area contributed by atoms with Crippen LogP contribution in [-0.2, 0) is 9.53 Å². The molecule has 7 nitrogen and oxygen atoms in total. The minimum atomic E-state index is -0.562. The Labute approximate surface area is 192 Å². The van der Waals surface area contributed by atoms with Crippen LogP contribution >= 0.6 is 11.3 Å². The van der Waals surface area contributed by atoms with Gasteiger partial charge >= 0.3 is 5.97 Å². The minimum absolute atomic E-state index is 0.143. The van der Waals surface area contributed by atoms with E-state index in [1.165, 1.54) is 6.42 Å². The van der Waals surface area contributed by atoms with Crippen LogP contribution in [0.5, 0.6) is 5.75 Å². The second kappa shape index (κ2) is 11.1. The van der Waals surface area contributed by atoms with Gasteiger partial charge in [0.25, 0.3) is 11.8 Å². The van der Waals surface area contributed by atoms with Gasteiger partial charge in [-0.3, -0.25) is 9.59 Å². The normalized spacial score (nSPS) is 14.0. The molecular weight excluding hydrogens is 428 g/mol. The van der Waals surface area contributed by atoms with E-state index in [2.05, 4.69) is 10.6 Å². The number of anilines is 1. The maximum absolute atomic E-state index is 12.9. The van der Waals surface area contributed by atoms with Crippen molar-refractivity contribution in [3.63, 3.8) is 0 Å². The van der Waals surface area contributed by atoms with Gasteiger partial charge in [-0.2, -0.15) is 0 Å².